The van der Waals surface area contributed by atoms with Crippen LogP contribution in [0.15, 0.2) is 48.5 Å². The van der Waals surface area contributed by atoms with E-state index in [1.54, 1.807) is 0 Å². The maximum Gasteiger partial charge on any atom is 0.164 e. The van der Waals surface area contributed by atoms with Gasteiger partial charge in [-0.1, -0.05) is 79.4 Å². The summed E-state index contributed by atoms with van der Waals surface area (Å²) in [6, 6.07) is 16.5. The molecule has 0 radical (unpaired) electrons. The fourth-order valence-electron chi connectivity index (χ4n) is 2.80. The van der Waals surface area contributed by atoms with Gasteiger partial charge in [0.2, 0.25) is 0 Å². The molecule has 2 aromatic rings. The minimum atomic E-state index is 0.0799. The summed E-state index contributed by atoms with van der Waals surface area (Å²) in [5, 5.41) is 3.58. The summed E-state index contributed by atoms with van der Waals surface area (Å²) in [6.45, 7) is 7.29. The summed E-state index contributed by atoms with van der Waals surface area (Å²) in [5.41, 5.74) is 4.42. The molecule has 0 aromatic heterocycles. The van der Waals surface area contributed by atoms with E-state index in [0.29, 0.717) is 6.42 Å². The predicted octanol–water partition coefficient (Wildman–Crippen LogP) is 5.40. The Hall–Kier alpha value is -1.93. The van der Waals surface area contributed by atoms with Crippen molar-refractivity contribution in [2.24, 2.45) is 0 Å². The van der Waals surface area contributed by atoms with Crippen molar-refractivity contribution in [3.05, 3.63) is 70.8 Å². The van der Waals surface area contributed by atoms with Crippen LogP contribution in [0, 0.1) is 13.8 Å². The molecule has 2 rings (SSSR count). The van der Waals surface area contributed by atoms with E-state index in [-0.39, 0.29) is 11.8 Å². The summed E-state index contributed by atoms with van der Waals surface area (Å²) >= 11 is 0. The highest BCUT2D eigenvalue weighted by Crippen LogP contribution is 2.20. The Labute approximate surface area is 146 Å². The zero-order valence-corrected chi connectivity index (χ0v) is 15.1. The molecule has 1 atom stereocenters. The molecule has 24 heavy (non-hydrogen) atoms. The molecule has 1 unspecified atom stereocenters. The topological polar surface area (TPSA) is 29.1 Å². The van der Waals surface area contributed by atoms with Crippen molar-refractivity contribution in [3.8, 4) is 0 Å². The van der Waals surface area contributed by atoms with Crippen LogP contribution in [0.5, 0.6) is 0 Å². The lowest BCUT2D eigenvalue weighted by molar-refractivity contribution is 0.0968. The average Bonchev–Trinajstić information content (AvgIpc) is 2.59. The molecule has 0 aliphatic heterocycles. The minimum Gasteiger partial charge on any atom is -0.310 e. The highest BCUT2D eigenvalue weighted by atomic mass is 16.1. The number of hydrogen-bond donors (Lipinski definition) is 1. The number of aryl methyl sites for hydroxylation is 2. The fourth-order valence-corrected chi connectivity index (χ4v) is 2.80. The molecule has 0 bridgehead atoms. The van der Waals surface area contributed by atoms with E-state index in [2.05, 4.69) is 43.4 Å². The molecule has 2 heteroatoms. The van der Waals surface area contributed by atoms with E-state index in [1.807, 2.05) is 31.2 Å². The monoisotopic (exact) mass is 323 g/mol. The van der Waals surface area contributed by atoms with Crippen molar-refractivity contribution in [1.29, 1.82) is 0 Å². The van der Waals surface area contributed by atoms with Crippen LogP contribution in [0.3, 0.4) is 0 Å². The molecule has 0 heterocycles. The fraction of sp³-hybridized carbons (Fsp3) is 0.409. The first kappa shape index (κ1) is 18.4. The van der Waals surface area contributed by atoms with Crippen molar-refractivity contribution < 1.29 is 4.79 Å². The van der Waals surface area contributed by atoms with E-state index in [4.69, 9.17) is 0 Å². The molecule has 0 saturated carbocycles. The second-order valence-electron chi connectivity index (χ2n) is 6.62. The molecular formula is C22H29NO. The first-order valence-electron chi connectivity index (χ1n) is 9.00. The summed E-state index contributed by atoms with van der Waals surface area (Å²) in [4.78, 5) is 12.7. The zero-order valence-electron chi connectivity index (χ0n) is 15.1. The van der Waals surface area contributed by atoms with E-state index in [1.165, 1.54) is 29.5 Å². The van der Waals surface area contributed by atoms with Crippen LogP contribution in [0.25, 0.3) is 0 Å². The molecule has 2 aromatic carbocycles. The number of hydrogen-bond acceptors (Lipinski definition) is 2. The molecule has 1 N–H and O–H groups in total. The number of nitrogens with one attached hydrogen (secondary N) is 1. The molecule has 0 fully saturated rings. The number of rotatable bonds is 9. The largest absolute Gasteiger partial charge is 0.310 e. The maximum absolute atomic E-state index is 12.7. The minimum absolute atomic E-state index is 0.0799. The lowest BCUT2D eigenvalue weighted by Crippen LogP contribution is -2.25. The van der Waals surface area contributed by atoms with Crippen LogP contribution in [-0.2, 0) is 0 Å². The summed E-state index contributed by atoms with van der Waals surface area (Å²) < 4.78 is 0. The van der Waals surface area contributed by atoms with Gasteiger partial charge in [-0.15, -0.1) is 0 Å². The number of unbranched alkanes of at least 4 members (excludes halogenated alkanes) is 2. The van der Waals surface area contributed by atoms with Gasteiger partial charge in [0, 0.05) is 18.0 Å². The van der Waals surface area contributed by atoms with Gasteiger partial charge in [-0.3, -0.25) is 4.79 Å². The molecule has 0 spiro atoms. The van der Waals surface area contributed by atoms with Crippen LogP contribution in [-0.4, -0.2) is 12.3 Å². The first-order valence-corrected chi connectivity index (χ1v) is 9.00. The van der Waals surface area contributed by atoms with E-state index in [0.717, 1.165) is 18.5 Å². The van der Waals surface area contributed by atoms with Crippen LogP contribution < -0.4 is 5.32 Å². The number of carbonyl (C=O) groups excluding carboxylic acids is 1. The van der Waals surface area contributed by atoms with Gasteiger partial charge in [0.05, 0.1) is 0 Å². The smallest absolute Gasteiger partial charge is 0.164 e. The summed E-state index contributed by atoms with van der Waals surface area (Å²) in [6.07, 6.45) is 4.08. The number of carbonyl (C=O) groups is 1. The Bertz CT molecular complexity index is 628. The zero-order chi connectivity index (χ0) is 17.4. The Morgan fingerprint density at radius 2 is 1.50 bits per heavy atom. The van der Waals surface area contributed by atoms with Gasteiger partial charge in [-0.05, 0) is 32.4 Å². The molecule has 0 saturated heterocycles. The lowest BCUT2D eigenvalue weighted by Gasteiger charge is -2.19. The van der Waals surface area contributed by atoms with Gasteiger partial charge in [-0.25, -0.2) is 0 Å². The highest BCUT2D eigenvalue weighted by Gasteiger charge is 2.16. The number of benzene rings is 2. The van der Waals surface area contributed by atoms with Crippen LogP contribution in [0.1, 0.15) is 65.7 Å². The SMILES string of the molecule is CCCCCNC(CC(=O)c1ccc(C)cc1)c1ccc(C)cc1. The van der Waals surface area contributed by atoms with E-state index >= 15 is 0 Å². The first-order chi connectivity index (χ1) is 11.6. The number of ketones is 1. The highest BCUT2D eigenvalue weighted by molar-refractivity contribution is 5.96. The van der Waals surface area contributed by atoms with Gasteiger partial charge in [0.1, 0.15) is 0 Å². The van der Waals surface area contributed by atoms with Crippen molar-refractivity contribution in [1.82, 2.24) is 5.32 Å². The van der Waals surface area contributed by atoms with Crippen LogP contribution in [0.2, 0.25) is 0 Å². The van der Waals surface area contributed by atoms with Crippen molar-refractivity contribution in [2.45, 2.75) is 52.5 Å². The molecule has 128 valence electrons. The Morgan fingerprint density at radius 3 is 2.08 bits per heavy atom. The van der Waals surface area contributed by atoms with Crippen molar-refractivity contribution in [3.63, 3.8) is 0 Å². The van der Waals surface area contributed by atoms with Gasteiger partial charge < -0.3 is 5.32 Å². The van der Waals surface area contributed by atoms with Gasteiger partial charge >= 0.3 is 0 Å². The molecule has 0 aliphatic rings. The average molecular weight is 323 g/mol. The van der Waals surface area contributed by atoms with Crippen molar-refractivity contribution >= 4 is 5.78 Å². The molecule has 2 nitrogen and oxygen atoms in total. The predicted molar refractivity (Wildman–Crippen MR) is 102 cm³/mol. The Balaban J connectivity index is 2.07. The second kappa shape index (κ2) is 9.39. The third kappa shape index (κ3) is 5.61. The van der Waals surface area contributed by atoms with Gasteiger partial charge in [0.15, 0.2) is 5.78 Å². The summed E-state index contributed by atoms with van der Waals surface area (Å²) in [5.74, 6) is 0.198. The van der Waals surface area contributed by atoms with Gasteiger partial charge in [-0.2, -0.15) is 0 Å². The standard InChI is InChI=1S/C22H29NO/c1-4-5-6-15-23-21(19-11-7-17(2)8-12-19)16-22(24)20-13-9-18(3)10-14-20/h7-14,21,23H,4-6,15-16H2,1-3H3. The Kier molecular flexibility index (Phi) is 7.20. The number of Topliss-reactive ketones (excluding diaryl/α,β-unsaturated/α-hetero) is 1. The maximum atomic E-state index is 12.7. The molecule has 0 aliphatic carbocycles. The van der Waals surface area contributed by atoms with Crippen LogP contribution in [0.4, 0.5) is 0 Å². The summed E-state index contributed by atoms with van der Waals surface area (Å²) in [7, 11) is 0. The van der Waals surface area contributed by atoms with Crippen LogP contribution >= 0.6 is 0 Å². The lowest BCUT2D eigenvalue weighted by atomic mass is 9.96. The van der Waals surface area contributed by atoms with E-state index in [9.17, 15) is 4.79 Å². The third-order valence-corrected chi connectivity index (χ3v) is 4.41. The van der Waals surface area contributed by atoms with Gasteiger partial charge in [0.25, 0.3) is 0 Å². The quantitative estimate of drug-likeness (QED) is 0.494. The third-order valence-electron chi connectivity index (χ3n) is 4.41. The normalized spacial score (nSPS) is 12.1. The Morgan fingerprint density at radius 1 is 0.917 bits per heavy atom. The second-order valence-corrected chi connectivity index (χ2v) is 6.62. The van der Waals surface area contributed by atoms with Crippen molar-refractivity contribution in [2.75, 3.05) is 6.54 Å². The van der Waals surface area contributed by atoms with E-state index < -0.39 is 0 Å². The molecular weight excluding hydrogens is 294 g/mol. The molecule has 0 amide bonds.